The molecule has 3 nitrogen and oxygen atoms in total. The van der Waals surface area contributed by atoms with Crippen molar-refractivity contribution >= 4 is 11.8 Å². The number of aryl methyl sites for hydroxylation is 1. The van der Waals surface area contributed by atoms with Gasteiger partial charge in [-0.25, -0.2) is 0 Å². The fraction of sp³-hybridized carbons (Fsp3) is 0.643. The van der Waals surface area contributed by atoms with Crippen molar-refractivity contribution in [2.45, 2.75) is 31.7 Å². The summed E-state index contributed by atoms with van der Waals surface area (Å²) in [6.45, 7) is 1.12. The molecule has 2 atom stereocenters. The molecule has 0 aromatic carbocycles. The zero-order valence-corrected chi connectivity index (χ0v) is 11.4. The Labute approximate surface area is 112 Å². The van der Waals surface area contributed by atoms with E-state index in [1.54, 1.807) is 6.07 Å². The molecule has 0 spiro atoms. The summed E-state index contributed by atoms with van der Waals surface area (Å²) in [4.78, 5) is 14.3. The molecule has 0 amide bonds. The topological polar surface area (TPSA) is 44.9 Å². The average Bonchev–Trinajstić information content (AvgIpc) is 2.89. The number of hydrogen-bond donors (Lipinski definition) is 2. The molecule has 98 valence electrons. The summed E-state index contributed by atoms with van der Waals surface area (Å²) in [7, 11) is 0. The van der Waals surface area contributed by atoms with E-state index in [9.17, 15) is 4.79 Å². The van der Waals surface area contributed by atoms with Crippen LogP contribution in [0.15, 0.2) is 16.9 Å². The number of thioether (sulfide) groups is 1. The van der Waals surface area contributed by atoms with E-state index in [2.05, 4.69) is 22.1 Å². The van der Waals surface area contributed by atoms with E-state index in [-0.39, 0.29) is 5.56 Å². The molecule has 2 aliphatic rings. The predicted molar refractivity (Wildman–Crippen MR) is 76.2 cm³/mol. The minimum Gasteiger partial charge on any atom is -0.326 e. The second kappa shape index (κ2) is 5.49. The van der Waals surface area contributed by atoms with Crippen molar-refractivity contribution in [1.29, 1.82) is 0 Å². The molecule has 2 heterocycles. The van der Waals surface area contributed by atoms with Crippen LogP contribution in [-0.2, 0) is 6.42 Å². The fourth-order valence-corrected chi connectivity index (χ4v) is 4.25. The van der Waals surface area contributed by atoms with Gasteiger partial charge in [0.1, 0.15) is 0 Å². The van der Waals surface area contributed by atoms with Gasteiger partial charge in [-0.3, -0.25) is 4.79 Å². The van der Waals surface area contributed by atoms with Gasteiger partial charge in [0.2, 0.25) is 5.56 Å². The Bertz CT molecular complexity index is 465. The quantitative estimate of drug-likeness (QED) is 0.878. The van der Waals surface area contributed by atoms with Gasteiger partial charge in [0.05, 0.1) is 0 Å². The molecular formula is C14H20N2OS. The number of aromatic amines is 1. The zero-order chi connectivity index (χ0) is 12.4. The first-order chi connectivity index (χ1) is 8.83. The Morgan fingerprint density at radius 1 is 1.39 bits per heavy atom. The Kier molecular flexibility index (Phi) is 3.75. The van der Waals surface area contributed by atoms with Crippen LogP contribution in [-0.4, -0.2) is 23.0 Å². The van der Waals surface area contributed by atoms with Crippen LogP contribution >= 0.6 is 11.8 Å². The lowest BCUT2D eigenvalue weighted by Gasteiger charge is -2.27. The lowest BCUT2D eigenvalue weighted by atomic mass is 9.91. The molecule has 1 aliphatic carbocycles. The monoisotopic (exact) mass is 264 g/mol. The molecule has 2 N–H and O–H groups in total. The molecular weight excluding hydrogens is 244 g/mol. The highest BCUT2D eigenvalue weighted by Gasteiger charge is 2.22. The van der Waals surface area contributed by atoms with Gasteiger partial charge in [-0.2, -0.15) is 11.8 Å². The van der Waals surface area contributed by atoms with Gasteiger partial charge in [0.25, 0.3) is 0 Å². The van der Waals surface area contributed by atoms with Crippen LogP contribution in [0.1, 0.15) is 36.6 Å². The summed E-state index contributed by atoms with van der Waals surface area (Å²) in [5, 5.41) is 3.70. The third-order valence-electron chi connectivity index (χ3n) is 4.01. The van der Waals surface area contributed by atoms with E-state index in [1.165, 1.54) is 36.3 Å². The number of H-pyrrole nitrogens is 1. The smallest absolute Gasteiger partial charge is 0.248 e. The first-order valence-electron chi connectivity index (χ1n) is 6.86. The van der Waals surface area contributed by atoms with Gasteiger partial charge in [-0.05, 0) is 55.2 Å². The summed E-state index contributed by atoms with van der Waals surface area (Å²) >= 11 is 2.07. The lowest BCUT2D eigenvalue weighted by molar-refractivity contribution is 0.414. The van der Waals surface area contributed by atoms with Crippen molar-refractivity contribution in [3.63, 3.8) is 0 Å². The van der Waals surface area contributed by atoms with Gasteiger partial charge in [0, 0.05) is 17.8 Å². The van der Waals surface area contributed by atoms with E-state index < -0.39 is 0 Å². The normalized spacial score (nSPS) is 27.1. The average molecular weight is 264 g/mol. The highest BCUT2D eigenvalue weighted by molar-refractivity contribution is 7.99. The first-order valence-corrected chi connectivity index (χ1v) is 8.01. The molecule has 1 saturated heterocycles. The van der Waals surface area contributed by atoms with E-state index >= 15 is 0 Å². The Balaban J connectivity index is 1.68. The number of nitrogens with one attached hydrogen (secondary N) is 2. The van der Waals surface area contributed by atoms with Crippen LogP contribution in [0.25, 0.3) is 0 Å². The van der Waals surface area contributed by atoms with Crippen LogP contribution in [0.5, 0.6) is 0 Å². The molecule has 1 fully saturated rings. The van der Waals surface area contributed by atoms with Crippen LogP contribution in [0.4, 0.5) is 0 Å². The van der Waals surface area contributed by atoms with Gasteiger partial charge in [-0.1, -0.05) is 6.07 Å². The van der Waals surface area contributed by atoms with Crippen molar-refractivity contribution in [3.05, 3.63) is 33.7 Å². The van der Waals surface area contributed by atoms with Gasteiger partial charge < -0.3 is 10.3 Å². The Hall–Kier alpha value is -0.740. The van der Waals surface area contributed by atoms with E-state index in [0.717, 1.165) is 24.6 Å². The lowest BCUT2D eigenvalue weighted by Crippen LogP contribution is -2.31. The van der Waals surface area contributed by atoms with E-state index in [0.29, 0.717) is 6.04 Å². The van der Waals surface area contributed by atoms with Gasteiger partial charge >= 0.3 is 0 Å². The summed E-state index contributed by atoms with van der Waals surface area (Å²) in [6.07, 6.45) is 4.73. The predicted octanol–water partition coefficient (Wildman–Crippen LogP) is 2.09. The minimum atomic E-state index is 0.0293. The highest BCUT2D eigenvalue weighted by atomic mass is 32.2. The minimum absolute atomic E-state index is 0.0293. The molecule has 1 aliphatic heterocycles. The van der Waals surface area contributed by atoms with E-state index in [4.69, 9.17) is 0 Å². The Morgan fingerprint density at radius 3 is 3.17 bits per heavy atom. The molecule has 4 heteroatoms. The number of aromatic nitrogens is 1. The molecule has 18 heavy (non-hydrogen) atoms. The van der Waals surface area contributed by atoms with Crippen molar-refractivity contribution in [1.82, 2.24) is 10.3 Å². The maximum atomic E-state index is 11.3. The summed E-state index contributed by atoms with van der Waals surface area (Å²) in [5.74, 6) is 3.46. The standard InChI is InChI=1S/C14H20N2OS/c17-14-5-4-11-12(2-1-3-13(11)16-14)15-8-10-6-7-18-9-10/h4-5,10,12,15H,1-3,6-9H2,(H,16,17). The van der Waals surface area contributed by atoms with Crippen molar-refractivity contribution < 1.29 is 0 Å². The number of fused-ring (bicyclic) bond motifs is 1. The summed E-state index contributed by atoms with van der Waals surface area (Å²) in [5.41, 5.74) is 2.49. The van der Waals surface area contributed by atoms with E-state index in [1.807, 2.05) is 6.07 Å². The molecule has 3 rings (SSSR count). The molecule has 0 bridgehead atoms. The second-order valence-corrected chi connectivity index (χ2v) is 6.49. The van der Waals surface area contributed by atoms with Crippen LogP contribution in [0.2, 0.25) is 0 Å². The van der Waals surface area contributed by atoms with Crippen molar-refractivity contribution in [2.75, 3.05) is 18.1 Å². The number of rotatable bonds is 3. The van der Waals surface area contributed by atoms with Crippen molar-refractivity contribution in [3.8, 4) is 0 Å². The molecule has 0 saturated carbocycles. The van der Waals surface area contributed by atoms with Crippen molar-refractivity contribution in [2.24, 2.45) is 5.92 Å². The fourth-order valence-electron chi connectivity index (χ4n) is 2.97. The van der Waals surface area contributed by atoms with Crippen LogP contribution in [0, 0.1) is 5.92 Å². The SMILES string of the molecule is O=c1ccc2c([nH]1)CCCC2NCC1CCSC1. The third-order valence-corrected chi connectivity index (χ3v) is 5.24. The van der Waals surface area contributed by atoms with Gasteiger partial charge in [0.15, 0.2) is 0 Å². The number of pyridine rings is 1. The number of hydrogen-bond acceptors (Lipinski definition) is 3. The maximum absolute atomic E-state index is 11.3. The molecule has 1 aromatic rings. The highest BCUT2D eigenvalue weighted by Crippen LogP contribution is 2.29. The molecule has 0 radical (unpaired) electrons. The molecule has 2 unspecified atom stereocenters. The second-order valence-electron chi connectivity index (χ2n) is 5.34. The zero-order valence-electron chi connectivity index (χ0n) is 10.6. The summed E-state index contributed by atoms with van der Waals surface area (Å²) < 4.78 is 0. The van der Waals surface area contributed by atoms with Crippen LogP contribution < -0.4 is 10.9 Å². The largest absolute Gasteiger partial charge is 0.326 e. The van der Waals surface area contributed by atoms with Crippen LogP contribution in [0.3, 0.4) is 0 Å². The summed E-state index contributed by atoms with van der Waals surface area (Å²) in [6, 6.07) is 4.11. The van der Waals surface area contributed by atoms with Gasteiger partial charge in [-0.15, -0.1) is 0 Å². The maximum Gasteiger partial charge on any atom is 0.248 e. The molecule has 1 aromatic heterocycles. The third kappa shape index (κ3) is 2.64. The Morgan fingerprint density at radius 2 is 2.33 bits per heavy atom. The first kappa shape index (κ1) is 12.3.